The number of carbonyl (C=O) groups excluding carboxylic acids is 2. The van der Waals surface area contributed by atoms with Crippen LogP contribution in [0.4, 0.5) is 0 Å². The second kappa shape index (κ2) is 10.3. The summed E-state index contributed by atoms with van der Waals surface area (Å²) in [7, 11) is 0. The zero-order chi connectivity index (χ0) is 20.8. The van der Waals surface area contributed by atoms with Gasteiger partial charge in [-0.05, 0) is 49.4 Å². The summed E-state index contributed by atoms with van der Waals surface area (Å²) in [4.78, 5) is 28.7. The van der Waals surface area contributed by atoms with Gasteiger partial charge in [-0.15, -0.1) is 0 Å². The first-order valence-corrected chi connectivity index (χ1v) is 11.3. The number of rotatable bonds is 6. The molecule has 1 aromatic carbocycles. The monoisotopic (exact) mass is 420 g/mol. The minimum absolute atomic E-state index is 0.0101. The number of carbonyl (C=O) groups is 2. The Balaban J connectivity index is 1.39. The Morgan fingerprint density at radius 2 is 1.52 bits per heavy atom. The zero-order valence-corrected chi connectivity index (χ0v) is 18.5. The van der Waals surface area contributed by atoms with Crippen LogP contribution >= 0.6 is 11.6 Å². The van der Waals surface area contributed by atoms with Crippen LogP contribution in [0.1, 0.15) is 56.1 Å². The molecule has 3 rings (SSSR count). The lowest BCUT2D eigenvalue weighted by atomic mass is 9.86. The first-order valence-electron chi connectivity index (χ1n) is 10.9. The Morgan fingerprint density at radius 1 is 0.966 bits per heavy atom. The molecule has 0 spiro atoms. The van der Waals surface area contributed by atoms with E-state index in [9.17, 15) is 9.59 Å². The Hall–Kier alpha value is -1.75. The molecule has 29 heavy (non-hydrogen) atoms. The fourth-order valence-corrected chi connectivity index (χ4v) is 4.50. The summed E-state index contributed by atoms with van der Waals surface area (Å²) in [6, 6.07) is 3.71. The second-order valence-corrected chi connectivity index (χ2v) is 8.84. The molecule has 0 atom stereocenters. The summed E-state index contributed by atoms with van der Waals surface area (Å²) >= 11 is 6.18. The average Bonchev–Trinajstić information content (AvgIpc) is 2.74. The van der Waals surface area contributed by atoms with Crippen molar-refractivity contribution >= 4 is 23.4 Å². The van der Waals surface area contributed by atoms with Crippen LogP contribution in [0, 0.1) is 19.8 Å². The van der Waals surface area contributed by atoms with Crippen molar-refractivity contribution in [2.45, 2.75) is 58.8 Å². The van der Waals surface area contributed by atoms with E-state index < -0.39 is 0 Å². The molecule has 160 valence electrons. The van der Waals surface area contributed by atoms with E-state index in [0.29, 0.717) is 38.3 Å². The molecule has 2 fully saturated rings. The summed E-state index contributed by atoms with van der Waals surface area (Å²) in [6.45, 7) is 6.26. The van der Waals surface area contributed by atoms with Crippen LogP contribution in [-0.4, -0.2) is 54.4 Å². The minimum Gasteiger partial charge on any atom is -0.484 e. The van der Waals surface area contributed by atoms with Crippen molar-refractivity contribution in [2.75, 3.05) is 32.8 Å². The van der Waals surface area contributed by atoms with E-state index in [1.165, 1.54) is 32.1 Å². The van der Waals surface area contributed by atoms with Gasteiger partial charge in [0.25, 0.3) is 5.91 Å². The number of piperazine rings is 1. The van der Waals surface area contributed by atoms with Gasteiger partial charge < -0.3 is 14.5 Å². The van der Waals surface area contributed by atoms with Gasteiger partial charge in [-0.3, -0.25) is 9.59 Å². The molecular weight excluding hydrogens is 388 g/mol. The molecule has 0 bridgehead atoms. The van der Waals surface area contributed by atoms with E-state index >= 15 is 0 Å². The molecule has 2 aliphatic rings. The van der Waals surface area contributed by atoms with Crippen molar-refractivity contribution in [1.82, 2.24) is 9.80 Å². The zero-order valence-electron chi connectivity index (χ0n) is 17.7. The predicted molar refractivity (Wildman–Crippen MR) is 115 cm³/mol. The molecule has 1 heterocycles. The second-order valence-electron chi connectivity index (χ2n) is 8.46. The lowest BCUT2D eigenvalue weighted by Crippen LogP contribution is -2.51. The van der Waals surface area contributed by atoms with Gasteiger partial charge in [0.1, 0.15) is 5.75 Å². The molecule has 5 nitrogen and oxygen atoms in total. The number of amides is 2. The highest BCUT2D eigenvalue weighted by atomic mass is 35.5. The number of aryl methyl sites for hydroxylation is 2. The van der Waals surface area contributed by atoms with Crippen molar-refractivity contribution in [3.05, 3.63) is 28.3 Å². The molecule has 0 radical (unpaired) electrons. The van der Waals surface area contributed by atoms with Gasteiger partial charge in [0, 0.05) is 37.6 Å². The number of halogens is 1. The first-order chi connectivity index (χ1) is 13.9. The third kappa shape index (κ3) is 6.11. The van der Waals surface area contributed by atoms with Gasteiger partial charge in [-0.1, -0.05) is 43.7 Å². The normalized spacial score (nSPS) is 18.0. The fourth-order valence-electron chi connectivity index (χ4n) is 4.39. The molecule has 1 aromatic rings. The molecular formula is C23H33ClN2O3. The lowest BCUT2D eigenvalue weighted by Gasteiger charge is -2.35. The Bertz CT molecular complexity index is 700. The average molecular weight is 421 g/mol. The van der Waals surface area contributed by atoms with E-state index in [1.807, 2.05) is 30.9 Å². The molecule has 0 unspecified atom stereocenters. The molecule has 2 amide bonds. The van der Waals surface area contributed by atoms with E-state index in [-0.39, 0.29) is 18.4 Å². The summed E-state index contributed by atoms with van der Waals surface area (Å²) < 4.78 is 5.69. The maximum Gasteiger partial charge on any atom is 0.260 e. The topological polar surface area (TPSA) is 49.9 Å². The maximum absolute atomic E-state index is 12.5. The molecule has 0 N–H and O–H groups in total. The van der Waals surface area contributed by atoms with Gasteiger partial charge in [0.2, 0.25) is 5.91 Å². The summed E-state index contributed by atoms with van der Waals surface area (Å²) in [5, 5.41) is 0.730. The van der Waals surface area contributed by atoms with Gasteiger partial charge >= 0.3 is 0 Å². The van der Waals surface area contributed by atoms with E-state index in [4.69, 9.17) is 16.3 Å². The molecule has 6 heteroatoms. The van der Waals surface area contributed by atoms with Crippen molar-refractivity contribution in [1.29, 1.82) is 0 Å². The van der Waals surface area contributed by atoms with Crippen LogP contribution in [0.25, 0.3) is 0 Å². The highest BCUT2D eigenvalue weighted by molar-refractivity contribution is 6.32. The maximum atomic E-state index is 12.5. The van der Waals surface area contributed by atoms with Crippen molar-refractivity contribution < 1.29 is 14.3 Å². The van der Waals surface area contributed by atoms with Crippen LogP contribution in [-0.2, 0) is 9.59 Å². The smallest absolute Gasteiger partial charge is 0.260 e. The Labute approximate surface area is 179 Å². The SMILES string of the molecule is Cc1cc(OCC(=O)N2CCN(C(=O)CCC3CCCCC3)CC2)cc(C)c1Cl. The standard InChI is InChI=1S/C23H33ClN2O3/c1-17-14-20(15-18(2)23(17)24)29-16-22(28)26-12-10-25(11-13-26)21(27)9-8-19-6-4-3-5-7-19/h14-15,19H,3-13,16H2,1-2H3. The molecule has 0 aromatic heterocycles. The van der Waals surface area contributed by atoms with E-state index in [0.717, 1.165) is 28.5 Å². The molecule has 1 aliphatic carbocycles. The predicted octanol–water partition coefficient (Wildman–Crippen LogP) is 4.37. The van der Waals surface area contributed by atoms with Gasteiger partial charge in [-0.25, -0.2) is 0 Å². The van der Waals surface area contributed by atoms with E-state index in [2.05, 4.69) is 0 Å². The summed E-state index contributed by atoms with van der Waals surface area (Å²) in [6.07, 6.45) is 8.21. The molecule has 1 aliphatic heterocycles. The van der Waals surface area contributed by atoms with Gasteiger partial charge in [0.05, 0.1) is 0 Å². The summed E-state index contributed by atoms with van der Waals surface area (Å²) in [5.41, 5.74) is 1.88. The molecule has 1 saturated carbocycles. The fraction of sp³-hybridized carbons (Fsp3) is 0.652. The number of nitrogens with zero attached hydrogens (tertiary/aromatic N) is 2. The third-order valence-electron chi connectivity index (χ3n) is 6.25. The van der Waals surface area contributed by atoms with Crippen LogP contribution in [0.3, 0.4) is 0 Å². The van der Waals surface area contributed by atoms with Gasteiger partial charge in [0.15, 0.2) is 6.61 Å². The van der Waals surface area contributed by atoms with Crippen LogP contribution in [0.5, 0.6) is 5.75 Å². The lowest BCUT2D eigenvalue weighted by molar-refractivity contribution is -0.140. The largest absolute Gasteiger partial charge is 0.484 e. The van der Waals surface area contributed by atoms with Crippen molar-refractivity contribution in [3.8, 4) is 5.75 Å². The highest BCUT2D eigenvalue weighted by Gasteiger charge is 2.25. The van der Waals surface area contributed by atoms with Crippen LogP contribution < -0.4 is 4.74 Å². The quantitative estimate of drug-likeness (QED) is 0.686. The van der Waals surface area contributed by atoms with Crippen molar-refractivity contribution in [3.63, 3.8) is 0 Å². The Kier molecular flexibility index (Phi) is 7.82. The van der Waals surface area contributed by atoms with Crippen LogP contribution in [0.2, 0.25) is 5.02 Å². The Morgan fingerprint density at radius 3 is 2.10 bits per heavy atom. The number of ether oxygens (including phenoxy) is 1. The highest BCUT2D eigenvalue weighted by Crippen LogP contribution is 2.28. The van der Waals surface area contributed by atoms with E-state index in [1.54, 1.807) is 4.90 Å². The van der Waals surface area contributed by atoms with Crippen molar-refractivity contribution in [2.24, 2.45) is 5.92 Å². The minimum atomic E-state index is -0.0374. The first kappa shape index (κ1) is 21.9. The number of hydrogen-bond donors (Lipinski definition) is 0. The van der Waals surface area contributed by atoms with Gasteiger partial charge in [-0.2, -0.15) is 0 Å². The number of benzene rings is 1. The number of hydrogen-bond acceptors (Lipinski definition) is 3. The summed E-state index contributed by atoms with van der Waals surface area (Å²) in [5.74, 6) is 1.60. The van der Waals surface area contributed by atoms with Crippen LogP contribution in [0.15, 0.2) is 12.1 Å². The third-order valence-corrected chi connectivity index (χ3v) is 6.84. The molecule has 1 saturated heterocycles.